The number of allylic oxidation sites excluding steroid dienone is 1. The van der Waals surface area contributed by atoms with Gasteiger partial charge in [-0.05, 0) is 38.5 Å². The summed E-state index contributed by atoms with van der Waals surface area (Å²) in [6.45, 7) is 5.15. The molecule has 1 rings (SSSR count). The van der Waals surface area contributed by atoms with E-state index in [1.807, 2.05) is 0 Å². The van der Waals surface area contributed by atoms with Gasteiger partial charge in [-0.2, -0.15) is 0 Å². The van der Waals surface area contributed by atoms with E-state index in [0.29, 0.717) is 13.1 Å². The van der Waals surface area contributed by atoms with Gasteiger partial charge in [0.15, 0.2) is 0 Å². The number of unbranched alkanes of at least 4 members (excludes halogenated alkanes) is 1. The number of hydrogen-bond donors (Lipinski definition) is 1. The number of hydrogen-bond acceptors (Lipinski definition) is 2. The Labute approximate surface area is 122 Å². The predicted molar refractivity (Wildman–Crippen MR) is 81.3 cm³/mol. The molecule has 1 aliphatic carbocycles. The van der Waals surface area contributed by atoms with Crippen LogP contribution in [-0.2, 0) is 9.59 Å². The van der Waals surface area contributed by atoms with Crippen LogP contribution in [-0.4, -0.2) is 36.3 Å². The van der Waals surface area contributed by atoms with Crippen LogP contribution in [0.4, 0.5) is 0 Å². The van der Waals surface area contributed by atoms with Crippen molar-refractivity contribution in [1.82, 2.24) is 10.2 Å². The van der Waals surface area contributed by atoms with Crippen LogP contribution in [0.2, 0.25) is 0 Å². The molecule has 0 aliphatic heterocycles. The number of carbonyl (C=O) groups excluding carboxylic acids is 2. The second-order valence-electron chi connectivity index (χ2n) is 5.50. The molecule has 2 amide bonds. The first-order valence-corrected chi connectivity index (χ1v) is 7.83. The number of nitrogens with zero attached hydrogens (tertiary/aromatic N) is 1. The largest absolute Gasteiger partial charge is 0.354 e. The number of nitrogens with one attached hydrogen (secondary N) is 1. The van der Waals surface area contributed by atoms with Crippen molar-refractivity contribution in [1.29, 1.82) is 0 Å². The Morgan fingerprint density at radius 2 is 2.15 bits per heavy atom. The highest BCUT2D eigenvalue weighted by Crippen LogP contribution is 2.19. The zero-order chi connectivity index (χ0) is 14.8. The standard InChI is InChI=1S/C16H28N2O2/c1-3-4-12-18(14(2)19)13-16(20)17-11-10-15-8-6-5-7-9-15/h8H,3-7,9-13H2,1-2H3,(H,17,20). The third-order valence-corrected chi connectivity index (χ3v) is 3.71. The molecule has 0 saturated heterocycles. The summed E-state index contributed by atoms with van der Waals surface area (Å²) < 4.78 is 0. The molecular formula is C16H28N2O2. The molecule has 114 valence electrons. The van der Waals surface area contributed by atoms with Gasteiger partial charge in [0.05, 0.1) is 6.54 Å². The summed E-state index contributed by atoms with van der Waals surface area (Å²) in [7, 11) is 0. The van der Waals surface area contributed by atoms with Crippen molar-refractivity contribution >= 4 is 11.8 Å². The molecule has 1 aliphatic rings. The summed E-state index contributed by atoms with van der Waals surface area (Å²) in [6.07, 6.45) is 10.1. The van der Waals surface area contributed by atoms with E-state index in [0.717, 1.165) is 19.3 Å². The third-order valence-electron chi connectivity index (χ3n) is 3.71. The molecule has 0 aromatic carbocycles. The molecule has 0 fully saturated rings. The molecule has 4 heteroatoms. The fourth-order valence-corrected chi connectivity index (χ4v) is 2.42. The average Bonchev–Trinajstić information content (AvgIpc) is 2.44. The molecule has 0 bridgehead atoms. The van der Waals surface area contributed by atoms with E-state index in [-0.39, 0.29) is 18.4 Å². The van der Waals surface area contributed by atoms with E-state index < -0.39 is 0 Å². The molecule has 0 aromatic rings. The smallest absolute Gasteiger partial charge is 0.239 e. The zero-order valence-corrected chi connectivity index (χ0v) is 12.9. The van der Waals surface area contributed by atoms with Crippen LogP contribution in [0.1, 0.15) is 58.8 Å². The van der Waals surface area contributed by atoms with Gasteiger partial charge in [0.25, 0.3) is 0 Å². The van der Waals surface area contributed by atoms with E-state index in [1.54, 1.807) is 4.90 Å². The van der Waals surface area contributed by atoms with Gasteiger partial charge in [-0.15, -0.1) is 0 Å². The maximum absolute atomic E-state index is 11.8. The Balaban J connectivity index is 2.23. The van der Waals surface area contributed by atoms with Crippen LogP contribution >= 0.6 is 0 Å². The first-order chi connectivity index (χ1) is 9.63. The zero-order valence-electron chi connectivity index (χ0n) is 12.9. The quantitative estimate of drug-likeness (QED) is 0.695. The van der Waals surface area contributed by atoms with Crippen LogP contribution in [0.15, 0.2) is 11.6 Å². The normalized spacial score (nSPS) is 14.6. The maximum atomic E-state index is 11.8. The number of rotatable bonds is 8. The minimum Gasteiger partial charge on any atom is -0.354 e. The van der Waals surface area contributed by atoms with Gasteiger partial charge in [-0.3, -0.25) is 9.59 Å². The van der Waals surface area contributed by atoms with Crippen molar-refractivity contribution in [3.63, 3.8) is 0 Å². The fraction of sp³-hybridized carbons (Fsp3) is 0.750. The lowest BCUT2D eigenvalue weighted by atomic mass is 9.97. The van der Waals surface area contributed by atoms with Crippen molar-refractivity contribution < 1.29 is 9.59 Å². The minimum atomic E-state index is -0.0484. The summed E-state index contributed by atoms with van der Waals surface area (Å²) in [5.74, 6) is -0.0729. The van der Waals surface area contributed by atoms with Crippen molar-refractivity contribution in [2.45, 2.75) is 58.8 Å². The Kier molecular flexibility index (Phi) is 8.00. The number of carbonyl (C=O) groups is 2. The molecule has 0 spiro atoms. The Morgan fingerprint density at radius 1 is 1.35 bits per heavy atom. The van der Waals surface area contributed by atoms with Crippen molar-refractivity contribution in [2.24, 2.45) is 0 Å². The van der Waals surface area contributed by atoms with Crippen LogP contribution in [0, 0.1) is 0 Å². The Morgan fingerprint density at radius 3 is 2.75 bits per heavy atom. The number of amides is 2. The van der Waals surface area contributed by atoms with Crippen molar-refractivity contribution in [3.8, 4) is 0 Å². The van der Waals surface area contributed by atoms with Gasteiger partial charge in [0, 0.05) is 20.0 Å². The topological polar surface area (TPSA) is 49.4 Å². The first-order valence-electron chi connectivity index (χ1n) is 7.83. The van der Waals surface area contributed by atoms with Gasteiger partial charge in [-0.25, -0.2) is 0 Å². The lowest BCUT2D eigenvalue weighted by Gasteiger charge is -2.20. The monoisotopic (exact) mass is 280 g/mol. The fourth-order valence-electron chi connectivity index (χ4n) is 2.42. The molecule has 0 aromatic heterocycles. The van der Waals surface area contributed by atoms with E-state index in [4.69, 9.17) is 0 Å². The molecule has 20 heavy (non-hydrogen) atoms. The summed E-state index contributed by atoms with van der Waals surface area (Å²) in [5, 5.41) is 2.92. The van der Waals surface area contributed by atoms with Gasteiger partial charge in [0.2, 0.25) is 11.8 Å². The minimum absolute atomic E-state index is 0.0245. The van der Waals surface area contributed by atoms with Gasteiger partial charge in [-0.1, -0.05) is 25.0 Å². The molecule has 0 saturated carbocycles. The van der Waals surface area contributed by atoms with Crippen LogP contribution in [0.3, 0.4) is 0 Å². The lowest BCUT2D eigenvalue weighted by molar-refractivity contribution is -0.134. The average molecular weight is 280 g/mol. The van der Waals surface area contributed by atoms with Crippen LogP contribution in [0.5, 0.6) is 0 Å². The summed E-state index contributed by atoms with van der Waals surface area (Å²) in [5.41, 5.74) is 1.46. The van der Waals surface area contributed by atoms with Crippen LogP contribution in [0.25, 0.3) is 0 Å². The van der Waals surface area contributed by atoms with Crippen molar-refractivity contribution in [2.75, 3.05) is 19.6 Å². The van der Waals surface area contributed by atoms with Gasteiger partial charge in [0.1, 0.15) is 0 Å². The molecular weight excluding hydrogens is 252 g/mol. The van der Waals surface area contributed by atoms with E-state index in [1.165, 1.54) is 38.2 Å². The predicted octanol–water partition coefficient (Wildman–Crippen LogP) is 2.64. The van der Waals surface area contributed by atoms with Crippen molar-refractivity contribution in [3.05, 3.63) is 11.6 Å². The summed E-state index contributed by atoms with van der Waals surface area (Å²) in [6, 6.07) is 0. The molecule has 0 atom stereocenters. The van der Waals surface area contributed by atoms with E-state index in [9.17, 15) is 9.59 Å². The maximum Gasteiger partial charge on any atom is 0.239 e. The highest BCUT2D eigenvalue weighted by molar-refractivity contribution is 5.83. The first kappa shape index (κ1) is 16.7. The summed E-state index contributed by atoms with van der Waals surface area (Å²) in [4.78, 5) is 24.9. The highest BCUT2D eigenvalue weighted by atomic mass is 16.2. The molecule has 0 radical (unpaired) electrons. The third kappa shape index (κ3) is 6.73. The lowest BCUT2D eigenvalue weighted by Crippen LogP contribution is -2.40. The Hall–Kier alpha value is -1.32. The van der Waals surface area contributed by atoms with Gasteiger partial charge >= 0.3 is 0 Å². The SMILES string of the molecule is CCCCN(CC(=O)NCCC1=CCCCC1)C(C)=O. The van der Waals surface area contributed by atoms with Crippen LogP contribution < -0.4 is 5.32 Å². The molecule has 4 nitrogen and oxygen atoms in total. The Bertz CT molecular complexity index is 350. The second-order valence-corrected chi connectivity index (χ2v) is 5.50. The van der Waals surface area contributed by atoms with E-state index in [2.05, 4.69) is 18.3 Å². The summed E-state index contributed by atoms with van der Waals surface area (Å²) >= 11 is 0. The highest BCUT2D eigenvalue weighted by Gasteiger charge is 2.12. The van der Waals surface area contributed by atoms with E-state index >= 15 is 0 Å². The molecule has 0 heterocycles. The molecule has 0 unspecified atom stereocenters. The second kappa shape index (κ2) is 9.56. The van der Waals surface area contributed by atoms with Gasteiger partial charge < -0.3 is 10.2 Å². The molecule has 1 N–H and O–H groups in total.